The number of nitro groups is 1. The average Bonchev–Trinajstić information content (AvgIpc) is 2.85. The lowest BCUT2D eigenvalue weighted by Crippen LogP contribution is -2.16. The molecule has 0 unspecified atom stereocenters. The highest BCUT2D eigenvalue weighted by Crippen LogP contribution is 2.35. The largest absolute Gasteiger partial charge is 0.398 e. The molecular weight excluding hydrogens is 286 g/mol. The number of hydrogen-bond acceptors (Lipinski definition) is 6. The van der Waals surface area contributed by atoms with E-state index in [1.54, 1.807) is 12.1 Å². The van der Waals surface area contributed by atoms with Gasteiger partial charge in [-0.2, -0.15) is 0 Å². The van der Waals surface area contributed by atoms with Gasteiger partial charge in [0, 0.05) is 35.3 Å². The van der Waals surface area contributed by atoms with Crippen LogP contribution in [0.25, 0.3) is 17.0 Å². The monoisotopic (exact) mass is 297 g/mol. The van der Waals surface area contributed by atoms with Crippen LogP contribution in [0.4, 0.5) is 5.69 Å². The summed E-state index contributed by atoms with van der Waals surface area (Å²) in [6.07, 6.45) is 1.57. The third-order valence-electron chi connectivity index (χ3n) is 3.49. The smallest absolute Gasteiger partial charge is 0.270 e. The number of fused-ring (bicyclic) bond motifs is 1. The first-order valence-corrected chi connectivity index (χ1v) is 6.36. The molecule has 0 saturated heterocycles. The van der Waals surface area contributed by atoms with Gasteiger partial charge in [-0.1, -0.05) is 12.1 Å². The van der Waals surface area contributed by atoms with Crippen LogP contribution in [0.5, 0.6) is 0 Å². The van der Waals surface area contributed by atoms with Crippen molar-refractivity contribution in [3.8, 4) is 11.3 Å². The molecule has 8 nitrogen and oxygen atoms in total. The third kappa shape index (κ3) is 2.06. The van der Waals surface area contributed by atoms with Crippen LogP contribution in [-0.4, -0.2) is 20.8 Å². The minimum Gasteiger partial charge on any atom is -0.398 e. The Bertz CT molecular complexity index is 844. The minimum atomic E-state index is -0.611. The van der Waals surface area contributed by atoms with Crippen LogP contribution in [-0.2, 0) is 11.2 Å². The molecule has 110 valence electrons. The van der Waals surface area contributed by atoms with Gasteiger partial charge in [0.15, 0.2) is 0 Å². The number of aromatic nitrogens is 2. The minimum absolute atomic E-state index is 0.0551. The van der Waals surface area contributed by atoms with Gasteiger partial charge in [0.05, 0.1) is 22.0 Å². The van der Waals surface area contributed by atoms with Gasteiger partial charge in [-0.3, -0.25) is 14.9 Å². The second kappa shape index (κ2) is 4.92. The summed E-state index contributed by atoms with van der Waals surface area (Å²) in [5, 5.41) is 10.9. The molecule has 8 heteroatoms. The highest BCUT2D eigenvalue weighted by Gasteiger charge is 2.28. The highest BCUT2D eigenvalue weighted by atomic mass is 16.6. The first kappa shape index (κ1) is 13.7. The van der Waals surface area contributed by atoms with E-state index in [4.69, 9.17) is 11.5 Å². The molecule has 2 aromatic rings. The summed E-state index contributed by atoms with van der Waals surface area (Å²) in [5.74, 6) is -0.611. The number of non-ortho nitro benzene ring substituents is 1. The number of rotatable bonds is 3. The predicted molar refractivity (Wildman–Crippen MR) is 78.1 cm³/mol. The van der Waals surface area contributed by atoms with Crippen molar-refractivity contribution in [2.45, 2.75) is 6.42 Å². The molecule has 0 spiro atoms. The fourth-order valence-electron chi connectivity index (χ4n) is 2.46. The number of carbonyl (C=O) groups is 1. The third-order valence-corrected chi connectivity index (χ3v) is 3.49. The van der Waals surface area contributed by atoms with Gasteiger partial charge in [-0.05, 0) is 0 Å². The van der Waals surface area contributed by atoms with E-state index in [1.807, 2.05) is 0 Å². The van der Waals surface area contributed by atoms with Gasteiger partial charge < -0.3 is 11.5 Å². The standard InChI is InChI=1S/C14H11N5O3/c15-12-9(14(16)20)5-10-11(12)13(18-6-17-10)7-2-1-3-8(4-7)19(21)22/h1-4,6H,5,15H2,(H2,16,20). The summed E-state index contributed by atoms with van der Waals surface area (Å²) in [5.41, 5.74) is 13.8. The van der Waals surface area contributed by atoms with E-state index in [0.29, 0.717) is 22.5 Å². The van der Waals surface area contributed by atoms with Crippen molar-refractivity contribution in [1.82, 2.24) is 9.97 Å². The number of benzene rings is 1. The van der Waals surface area contributed by atoms with Crippen LogP contribution in [0.15, 0.2) is 36.2 Å². The van der Waals surface area contributed by atoms with Crippen LogP contribution in [0.3, 0.4) is 0 Å². The molecule has 1 aliphatic carbocycles. The Labute approximate surface area is 124 Å². The maximum atomic E-state index is 11.4. The molecule has 1 aromatic carbocycles. The molecule has 1 aromatic heterocycles. The number of nitro benzene ring substituents is 1. The second-order valence-electron chi connectivity index (χ2n) is 4.78. The molecule has 0 saturated carbocycles. The van der Waals surface area contributed by atoms with Gasteiger partial charge in [0.1, 0.15) is 6.33 Å². The maximum absolute atomic E-state index is 11.4. The lowest BCUT2D eigenvalue weighted by molar-refractivity contribution is -0.384. The lowest BCUT2D eigenvalue weighted by atomic mass is 10.0. The van der Waals surface area contributed by atoms with Gasteiger partial charge >= 0.3 is 0 Å². The number of primary amides is 1. The van der Waals surface area contributed by atoms with Gasteiger partial charge in [0.2, 0.25) is 5.91 Å². The Morgan fingerprint density at radius 1 is 1.32 bits per heavy atom. The van der Waals surface area contributed by atoms with Crippen molar-refractivity contribution >= 4 is 17.3 Å². The highest BCUT2D eigenvalue weighted by molar-refractivity contribution is 6.03. The summed E-state index contributed by atoms with van der Waals surface area (Å²) in [7, 11) is 0. The summed E-state index contributed by atoms with van der Waals surface area (Å²) >= 11 is 0. The van der Waals surface area contributed by atoms with Gasteiger partial charge in [0.25, 0.3) is 5.69 Å². The predicted octanol–water partition coefficient (Wildman–Crippen LogP) is 0.763. The molecule has 22 heavy (non-hydrogen) atoms. The molecule has 1 aliphatic rings. The molecule has 4 N–H and O–H groups in total. The van der Waals surface area contributed by atoms with Crippen molar-refractivity contribution < 1.29 is 9.72 Å². The van der Waals surface area contributed by atoms with E-state index >= 15 is 0 Å². The van der Waals surface area contributed by atoms with Gasteiger partial charge in [-0.15, -0.1) is 0 Å². The van der Waals surface area contributed by atoms with Crippen LogP contribution < -0.4 is 11.5 Å². The molecule has 0 radical (unpaired) electrons. The average molecular weight is 297 g/mol. The van der Waals surface area contributed by atoms with Crippen molar-refractivity contribution in [3.05, 3.63) is 57.5 Å². The molecule has 0 atom stereocenters. The lowest BCUT2D eigenvalue weighted by Gasteiger charge is -2.08. The van der Waals surface area contributed by atoms with Gasteiger partial charge in [-0.25, -0.2) is 9.97 Å². The zero-order valence-electron chi connectivity index (χ0n) is 11.3. The Kier molecular flexibility index (Phi) is 3.06. The Hall–Kier alpha value is -3.29. The summed E-state index contributed by atoms with van der Waals surface area (Å²) in [4.78, 5) is 30.1. The van der Waals surface area contributed by atoms with Crippen molar-refractivity contribution in [2.24, 2.45) is 11.5 Å². The number of amides is 1. The molecule has 0 fully saturated rings. The Morgan fingerprint density at radius 3 is 2.77 bits per heavy atom. The zero-order valence-corrected chi connectivity index (χ0v) is 11.3. The van der Waals surface area contributed by atoms with E-state index < -0.39 is 10.8 Å². The molecule has 0 aliphatic heterocycles. The van der Waals surface area contributed by atoms with Crippen molar-refractivity contribution in [2.75, 3.05) is 0 Å². The van der Waals surface area contributed by atoms with Crippen molar-refractivity contribution in [3.63, 3.8) is 0 Å². The molecule has 1 heterocycles. The molecule has 3 rings (SSSR count). The first-order valence-electron chi connectivity index (χ1n) is 6.36. The second-order valence-corrected chi connectivity index (χ2v) is 4.78. The Balaban J connectivity index is 2.20. The fourth-order valence-corrected chi connectivity index (χ4v) is 2.46. The molecular formula is C14H11N5O3. The maximum Gasteiger partial charge on any atom is 0.270 e. The van der Waals surface area contributed by atoms with Crippen LogP contribution >= 0.6 is 0 Å². The van der Waals surface area contributed by atoms with E-state index in [1.165, 1.54) is 18.5 Å². The molecule has 0 bridgehead atoms. The number of nitrogens with two attached hydrogens (primary N) is 2. The quantitative estimate of drug-likeness (QED) is 0.633. The summed E-state index contributed by atoms with van der Waals surface area (Å²) in [6, 6.07) is 6.04. The van der Waals surface area contributed by atoms with E-state index in [0.717, 1.165) is 0 Å². The molecule has 1 amide bonds. The summed E-state index contributed by atoms with van der Waals surface area (Å²) < 4.78 is 0. The number of carbonyl (C=O) groups excluding carboxylic acids is 1. The topological polar surface area (TPSA) is 138 Å². The van der Waals surface area contributed by atoms with Crippen LogP contribution in [0, 0.1) is 10.1 Å². The van der Waals surface area contributed by atoms with Crippen molar-refractivity contribution in [1.29, 1.82) is 0 Å². The zero-order chi connectivity index (χ0) is 15.9. The van der Waals surface area contributed by atoms with E-state index in [-0.39, 0.29) is 23.4 Å². The number of hydrogen-bond donors (Lipinski definition) is 2. The summed E-state index contributed by atoms with van der Waals surface area (Å²) in [6.45, 7) is 0. The first-order chi connectivity index (χ1) is 10.5. The van der Waals surface area contributed by atoms with E-state index in [2.05, 4.69) is 9.97 Å². The Morgan fingerprint density at radius 2 is 2.09 bits per heavy atom. The van der Waals surface area contributed by atoms with Crippen LogP contribution in [0.2, 0.25) is 0 Å². The van der Waals surface area contributed by atoms with Crippen LogP contribution in [0.1, 0.15) is 11.3 Å². The number of nitrogens with zero attached hydrogens (tertiary/aromatic N) is 3. The van der Waals surface area contributed by atoms with E-state index in [9.17, 15) is 14.9 Å². The fraction of sp³-hybridized carbons (Fsp3) is 0.0714. The SMILES string of the molecule is NC(=O)C1=C(N)c2c(ncnc2-c2cccc([N+](=O)[O-])c2)C1. The normalized spacial score (nSPS) is 13.1.